The van der Waals surface area contributed by atoms with Crippen molar-refractivity contribution in [1.29, 1.82) is 0 Å². The molecule has 4 aliphatic carbocycles. The number of nitrogens with one attached hydrogen (secondary N) is 2. The van der Waals surface area contributed by atoms with Crippen molar-refractivity contribution in [2.75, 3.05) is 33.2 Å². The van der Waals surface area contributed by atoms with E-state index in [2.05, 4.69) is 50.2 Å². The van der Waals surface area contributed by atoms with Crippen LogP contribution in [0.25, 0.3) is 0 Å². The molecule has 3 unspecified atom stereocenters. The van der Waals surface area contributed by atoms with E-state index in [-0.39, 0.29) is 49.0 Å². The Bertz CT molecular complexity index is 1880. The Labute approximate surface area is 541 Å². The SMILES string of the molecule is CCCCCCCCCCCCCCCCCCN(CCCCCCCCCCCCCCCCCC)C(=O)CC[C@@H](C)[C@H]1CCC2C3CC[C@@H]4C[C@H](OC(=O)NCCCCCC(=O)N5C[C@H](OC(=O)CCC(=O)NC)C[C@H]5C)CC[C@]4(C)C3CC[C@@]21C. The Balaban J connectivity index is 0.973. The van der Waals surface area contributed by atoms with Gasteiger partial charge in [-0.1, -0.05) is 234 Å². The minimum Gasteiger partial charge on any atom is -0.460 e. The van der Waals surface area contributed by atoms with Gasteiger partial charge in [-0.2, -0.15) is 0 Å². The first-order valence-electron chi connectivity index (χ1n) is 38.7. The number of unbranched alkanes of at least 4 members (excludes halogenated alkanes) is 32. The molecule has 4 saturated carbocycles. The molecule has 11 atom stereocenters. The maximum Gasteiger partial charge on any atom is 0.407 e. The Kier molecular flexibility index (Phi) is 37.8. The molecular weight excluding hydrogens is 1090 g/mol. The smallest absolute Gasteiger partial charge is 0.407 e. The van der Waals surface area contributed by atoms with E-state index in [1.54, 1.807) is 7.05 Å². The second kappa shape index (κ2) is 43.9. The lowest BCUT2D eigenvalue weighted by Crippen LogP contribution is -2.54. The van der Waals surface area contributed by atoms with E-state index in [0.717, 1.165) is 95.1 Å². The lowest BCUT2D eigenvalue weighted by Gasteiger charge is -2.61. The highest BCUT2D eigenvalue weighted by Crippen LogP contribution is 2.68. The van der Waals surface area contributed by atoms with Crippen molar-refractivity contribution in [2.24, 2.45) is 46.3 Å². The molecule has 5 fully saturated rings. The molecule has 0 bridgehead atoms. The van der Waals surface area contributed by atoms with Crippen molar-refractivity contribution in [3.05, 3.63) is 0 Å². The summed E-state index contributed by atoms with van der Waals surface area (Å²) in [5.74, 6) is 4.11. The first-order chi connectivity index (χ1) is 42.7. The summed E-state index contributed by atoms with van der Waals surface area (Å²) in [6.07, 6.45) is 59.7. The lowest BCUT2D eigenvalue weighted by atomic mass is 9.44. The highest BCUT2D eigenvalue weighted by Gasteiger charge is 2.61. The molecule has 1 heterocycles. The number of fused-ring (bicyclic) bond motifs is 5. The summed E-state index contributed by atoms with van der Waals surface area (Å²) in [4.78, 5) is 68.4. The lowest BCUT2D eigenvalue weighted by molar-refractivity contribution is -0.150. The molecule has 5 aliphatic rings. The predicted molar refractivity (Wildman–Crippen MR) is 365 cm³/mol. The molecule has 0 aromatic heterocycles. The standard InChI is InChI=1S/C77H140N4O7/c1-8-10-12-14-16-18-20-22-24-26-28-30-32-34-36-41-57-80(58-42-37-35-33-31-29-27-25-23-21-19-17-15-13-11-9-2)72(83)50-44-62(3)68-47-48-69-67-46-45-64-60-65(52-54-76(64,5)70(67)53-55-77(68,69)6)88-75(86)79-56-40-38-39-43-73(84)81-61-66(59-63(81)4)87-74(85)51-49-71(82)78-7/h62-70H,8-61H2,1-7H3,(H,78,82)(H,79,86)/t62-,63-,64-,65-,66-,67?,68-,69?,70?,76+,77-/m1/s1. The summed E-state index contributed by atoms with van der Waals surface area (Å²) in [6, 6.07) is -0.000559. The first-order valence-corrected chi connectivity index (χ1v) is 38.7. The number of esters is 1. The van der Waals surface area contributed by atoms with Crippen LogP contribution in [0.4, 0.5) is 4.79 Å². The average Bonchev–Trinajstić information content (AvgIpc) is 1.48. The van der Waals surface area contributed by atoms with E-state index in [9.17, 15) is 24.0 Å². The van der Waals surface area contributed by atoms with Crippen LogP contribution < -0.4 is 10.6 Å². The maximum atomic E-state index is 14.3. The second-order valence-electron chi connectivity index (χ2n) is 30.3. The van der Waals surface area contributed by atoms with Gasteiger partial charge < -0.3 is 29.9 Å². The number of likely N-dealkylation sites (tertiary alicyclic amines) is 1. The normalized spacial score (nSPS) is 26.0. The zero-order valence-electron chi connectivity index (χ0n) is 58.6. The van der Waals surface area contributed by atoms with E-state index < -0.39 is 5.97 Å². The van der Waals surface area contributed by atoms with E-state index in [1.807, 2.05) is 11.8 Å². The van der Waals surface area contributed by atoms with Gasteiger partial charge in [-0.3, -0.25) is 19.2 Å². The van der Waals surface area contributed by atoms with Gasteiger partial charge >= 0.3 is 12.1 Å². The topological polar surface area (TPSA) is 134 Å². The molecular formula is C77H140N4O7. The quantitative estimate of drug-likeness (QED) is 0.0458. The van der Waals surface area contributed by atoms with Gasteiger partial charge in [0.2, 0.25) is 17.7 Å². The van der Waals surface area contributed by atoms with Crippen molar-refractivity contribution in [3.8, 4) is 0 Å². The fourth-order valence-corrected chi connectivity index (χ4v) is 18.2. The molecule has 11 heteroatoms. The van der Waals surface area contributed by atoms with Crippen LogP contribution in [0, 0.1) is 46.3 Å². The fourth-order valence-electron chi connectivity index (χ4n) is 18.2. The highest BCUT2D eigenvalue weighted by atomic mass is 16.6. The van der Waals surface area contributed by atoms with Gasteiger partial charge in [0.05, 0.1) is 13.0 Å². The van der Waals surface area contributed by atoms with Gasteiger partial charge in [-0.25, -0.2) is 4.79 Å². The third kappa shape index (κ3) is 27.0. The van der Waals surface area contributed by atoms with Crippen molar-refractivity contribution in [2.45, 2.75) is 381 Å². The summed E-state index contributed by atoms with van der Waals surface area (Å²) in [5.41, 5.74) is 0.675. The van der Waals surface area contributed by atoms with Crippen LogP contribution in [-0.2, 0) is 28.7 Å². The Hall–Kier alpha value is -2.85. The van der Waals surface area contributed by atoms with Crippen LogP contribution in [0.5, 0.6) is 0 Å². The van der Waals surface area contributed by atoms with Gasteiger partial charge in [-0.05, 0) is 143 Å². The number of amides is 4. The number of ether oxygens (including phenoxy) is 2. The van der Waals surface area contributed by atoms with Crippen LogP contribution in [0.3, 0.4) is 0 Å². The second-order valence-corrected chi connectivity index (χ2v) is 30.3. The molecule has 2 N–H and O–H groups in total. The number of alkyl carbamates (subject to hydrolysis) is 1. The molecule has 1 saturated heterocycles. The van der Waals surface area contributed by atoms with E-state index in [4.69, 9.17) is 9.47 Å². The number of hydrogen-bond acceptors (Lipinski definition) is 7. The van der Waals surface area contributed by atoms with Gasteiger partial charge in [0.25, 0.3) is 0 Å². The highest BCUT2D eigenvalue weighted by molar-refractivity contribution is 5.81. The van der Waals surface area contributed by atoms with E-state index in [1.165, 1.54) is 231 Å². The Morgan fingerprint density at radius 3 is 1.56 bits per heavy atom. The maximum absolute atomic E-state index is 14.3. The third-order valence-corrected chi connectivity index (χ3v) is 23.7. The van der Waals surface area contributed by atoms with Gasteiger partial charge in [0, 0.05) is 58.4 Å². The Morgan fingerprint density at radius 2 is 1.02 bits per heavy atom. The van der Waals surface area contributed by atoms with Crippen LogP contribution in [0.15, 0.2) is 0 Å². The monoisotopic (exact) mass is 1230 g/mol. The van der Waals surface area contributed by atoms with Crippen LogP contribution in [0.1, 0.15) is 363 Å². The number of carbonyl (C=O) groups excluding carboxylic acids is 5. The van der Waals surface area contributed by atoms with Crippen LogP contribution in [-0.4, -0.2) is 91.1 Å². The first kappa shape index (κ1) is 75.9. The number of carbonyl (C=O) groups is 5. The third-order valence-electron chi connectivity index (χ3n) is 23.7. The van der Waals surface area contributed by atoms with Gasteiger partial charge in [0.15, 0.2) is 0 Å². The van der Waals surface area contributed by atoms with Crippen LogP contribution >= 0.6 is 0 Å². The summed E-state index contributed by atoms with van der Waals surface area (Å²) < 4.78 is 11.7. The number of rotatable bonds is 49. The minimum absolute atomic E-state index is 0.000559. The van der Waals surface area contributed by atoms with Crippen LogP contribution in [0.2, 0.25) is 0 Å². The molecule has 5 rings (SSSR count). The molecule has 4 amide bonds. The van der Waals surface area contributed by atoms with Gasteiger partial charge in [0.1, 0.15) is 12.2 Å². The summed E-state index contributed by atoms with van der Waals surface area (Å²) in [6.45, 7) is 17.2. The number of nitrogens with zero attached hydrogens (tertiary/aromatic N) is 2. The molecule has 88 heavy (non-hydrogen) atoms. The van der Waals surface area contributed by atoms with E-state index >= 15 is 0 Å². The van der Waals surface area contributed by atoms with E-state index in [0.29, 0.717) is 60.4 Å². The molecule has 0 radical (unpaired) electrons. The molecule has 510 valence electrons. The molecule has 1 aliphatic heterocycles. The molecule has 11 nitrogen and oxygen atoms in total. The predicted octanol–water partition coefficient (Wildman–Crippen LogP) is 20.1. The zero-order valence-corrected chi connectivity index (χ0v) is 58.6. The molecule has 0 spiro atoms. The molecule has 0 aromatic rings. The summed E-state index contributed by atoms with van der Waals surface area (Å²) in [5, 5.41) is 5.53. The zero-order chi connectivity index (χ0) is 63.2. The largest absolute Gasteiger partial charge is 0.460 e. The van der Waals surface area contributed by atoms with Crippen molar-refractivity contribution < 1.29 is 33.4 Å². The summed E-state index contributed by atoms with van der Waals surface area (Å²) >= 11 is 0. The van der Waals surface area contributed by atoms with Crippen molar-refractivity contribution in [1.82, 2.24) is 20.4 Å². The van der Waals surface area contributed by atoms with Crippen molar-refractivity contribution >= 4 is 29.8 Å². The summed E-state index contributed by atoms with van der Waals surface area (Å²) in [7, 11) is 1.54. The van der Waals surface area contributed by atoms with Gasteiger partial charge in [-0.15, -0.1) is 0 Å². The molecule has 0 aromatic carbocycles. The minimum atomic E-state index is -0.404. The number of hydrogen-bond donors (Lipinski definition) is 2. The average molecular weight is 1230 g/mol. The Morgan fingerprint density at radius 1 is 0.523 bits per heavy atom. The fraction of sp³-hybridized carbons (Fsp3) is 0.935. The van der Waals surface area contributed by atoms with Crippen molar-refractivity contribution in [3.63, 3.8) is 0 Å².